The first-order valence-electron chi connectivity index (χ1n) is 6.54. The zero-order valence-electron chi connectivity index (χ0n) is 12.1. The van der Waals surface area contributed by atoms with Crippen LogP contribution in [0.1, 0.15) is 31.5 Å². The maximum Gasteiger partial charge on any atom is 0.211 e. The lowest BCUT2D eigenvalue weighted by Crippen LogP contribution is -2.39. The summed E-state index contributed by atoms with van der Waals surface area (Å²) in [6, 6.07) is 0.0752. The first-order chi connectivity index (χ1) is 8.85. The van der Waals surface area contributed by atoms with Crippen LogP contribution in [0.2, 0.25) is 0 Å². The largest absolute Gasteiger partial charge is 0.309 e. The molecule has 1 heterocycles. The predicted octanol–water partition coefficient (Wildman–Crippen LogP) is 0.536. The van der Waals surface area contributed by atoms with Crippen molar-refractivity contribution in [3.05, 3.63) is 17.5 Å². The number of hydrogen-bond acceptors (Lipinski definition) is 4. The van der Waals surface area contributed by atoms with Crippen molar-refractivity contribution in [3.8, 4) is 0 Å². The van der Waals surface area contributed by atoms with Crippen molar-refractivity contribution in [2.24, 2.45) is 7.05 Å². The molecule has 0 aromatic carbocycles. The van der Waals surface area contributed by atoms with Crippen molar-refractivity contribution in [3.63, 3.8) is 0 Å². The Bertz CT molecular complexity index is 496. The van der Waals surface area contributed by atoms with Gasteiger partial charge in [-0.3, -0.25) is 4.68 Å². The lowest BCUT2D eigenvalue weighted by atomic mass is 10.2. The van der Waals surface area contributed by atoms with Gasteiger partial charge in [-0.1, -0.05) is 6.92 Å². The van der Waals surface area contributed by atoms with Gasteiger partial charge in [0.25, 0.3) is 0 Å². The molecule has 0 unspecified atom stereocenters. The average molecular weight is 288 g/mol. The van der Waals surface area contributed by atoms with Crippen LogP contribution in [0.15, 0.2) is 6.20 Å². The molecule has 0 aliphatic rings. The molecule has 0 saturated carbocycles. The summed E-state index contributed by atoms with van der Waals surface area (Å²) >= 11 is 0. The minimum absolute atomic E-state index is 0.0752. The summed E-state index contributed by atoms with van der Waals surface area (Å²) in [5.74, 6) is 0.182. The van der Waals surface area contributed by atoms with Crippen LogP contribution in [0.25, 0.3) is 0 Å². The summed E-state index contributed by atoms with van der Waals surface area (Å²) in [7, 11) is -1.22. The molecule has 0 aliphatic carbocycles. The molecule has 2 N–H and O–H groups in total. The average Bonchev–Trinajstić information content (AvgIpc) is 2.65. The van der Waals surface area contributed by atoms with Crippen LogP contribution in [0.3, 0.4) is 0 Å². The third kappa shape index (κ3) is 5.30. The topological polar surface area (TPSA) is 76.0 Å². The van der Waals surface area contributed by atoms with E-state index in [1.54, 1.807) is 0 Å². The van der Waals surface area contributed by atoms with E-state index in [4.69, 9.17) is 0 Å². The highest BCUT2D eigenvalue weighted by Crippen LogP contribution is 2.05. The van der Waals surface area contributed by atoms with E-state index in [2.05, 4.69) is 15.1 Å². The second kappa shape index (κ2) is 7.02. The van der Waals surface area contributed by atoms with Crippen LogP contribution in [-0.2, 0) is 23.6 Å². The summed E-state index contributed by atoms with van der Waals surface area (Å²) in [5, 5.41) is 7.46. The van der Waals surface area contributed by atoms with Crippen molar-refractivity contribution >= 4 is 10.0 Å². The van der Waals surface area contributed by atoms with E-state index >= 15 is 0 Å². The predicted molar refractivity (Wildman–Crippen MR) is 76.3 cm³/mol. The third-order valence-corrected chi connectivity index (χ3v) is 4.61. The zero-order valence-corrected chi connectivity index (χ0v) is 12.9. The standard InChI is InChI=1S/C12H24N4O2S/c1-5-6-19(17,18)15-7-10(2)13-8-12-9-14-16(4)11(12)3/h9-10,13,15H,5-8H2,1-4H3/t10-/m0/s1. The van der Waals surface area contributed by atoms with Crippen molar-refractivity contribution in [1.82, 2.24) is 19.8 Å². The Morgan fingerprint density at radius 2 is 2.16 bits per heavy atom. The Hall–Kier alpha value is -0.920. The van der Waals surface area contributed by atoms with E-state index in [-0.39, 0.29) is 11.8 Å². The second-order valence-electron chi connectivity index (χ2n) is 4.83. The quantitative estimate of drug-likeness (QED) is 0.732. The SMILES string of the molecule is CCCS(=O)(=O)NC[C@H](C)NCc1cnn(C)c1C. The monoisotopic (exact) mass is 288 g/mol. The smallest absolute Gasteiger partial charge is 0.211 e. The summed E-state index contributed by atoms with van der Waals surface area (Å²) < 4.78 is 27.5. The number of aryl methyl sites for hydroxylation is 1. The molecule has 0 radical (unpaired) electrons. The zero-order chi connectivity index (χ0) is 14.5. The molecule has 7 heteroatoms. The lowest BCUT2D eigenvalue weighted by molar-refractivity contribution is 0.523. The van der Waals surface area contributed by atoms with Gasteiger partial charge in [0, 0.05) is 37.4 Å². The molecule has 110 valence electrons. The Kier molecular flexibility index (Phi) is 5.96. The van der Waals surface area contributed by atoms with Gasteiger partial charge in [-0.2, -0.15) is 5.10 Å². The van der Waals surface area contributed by atoms with E-state index in [1.165, 1.54) is 0 Å². The van der Waals surface area contributed by atoms with Crippen LogP contribution in [-0.4, -0.2) is 36.5 Å². The summed E-state index contributed by atoms with van der Waals surface area (Å²) in [6.45, 7) is 6.92. The van der Waals surface area contributed by atoms with Crippen molar-refractivity contribution in [2.75, 3.05) is 12.3 Å². The van der Waals surface area contributed by atoms with Crippen molar-refractivity contribution in [1.29, 1.82) is 0 Å². The number of hydrogen-bond donors (Lipinski definition) is 2. The molecule has 19 heavy (non-hydrogen) atoms. The highest BCUT2D eigenvalue weighted by atomic mass is 32.2. The number of rotatable bonds is 8. The molecule has 1 aromatic heterocycles. The van der Waals surface area contributed by atoms with Gasteiger partial charge < -0.3 is 5.32 Å². The molecule has 0 saturated heterocycles. The summed E-state index contributed by atoms with van der Waals surface area (Å²) in [5.41, 5.74) is 2.25. The van der Waals surface area contributed by atoms with Crippen LogP contribution in [0.4, 0.5) is 0 Å². The molecule has 1 aromatic rings. The highest BCUT2D eigenvalue weighted by molar-refractivity contribution is 7.89. The van der Waals surface area contributed by atoms with Gasteiger partial charge in [-0.25, -0.2) is 13.1 Å². The van der Waals surface area contributed by atoms with E-state index in [0.29, 0.717) is 19.5 Å². The fraction of sp³-hybridized carbons (Fsp3) is 0.750. The first-order valence-corrected chi connectivity index (χ1v) is 8.19. The van der Waals surface area contributed by atoms with Gasteiger partial charge in [0.05, 0.1) is 11.9 Å². The summed E-state index contributed by atoms with van der Waals surface area (Å²) in [4.78, 5) is 0. The lowest BCUT2D eigenvalue weighted by Gasteiger charge is -2.14. The van der Waals surface area contributed by atoms with Gasteiger partial charge in [0.15, 0.2) is 0 Å². The van der Waals surface area contributed by atoms with Crippen LogP contribution < -0.4 is 10.0 Å². The Morgan fingerprint density at radius 3 is 2.68 bits per heavy atom. The minimum Gasteiger partial charge on any atom is -0.309 e. The molecule has 0 bridgehead atoms. The van der Waals surface area contributed by atoms with E-state index in [0.717, 1.165) is 11.3 Å². The van der Waals surface area contributed by atoms with Gasteiger partial charge in [0.2, 0.25) is 10.0 Å². The molecule has 1 rings (SSSR count). The van der Waals surface area contributed by atoms with Crippen LogP contribution in [0.5, 0.6) is 0 Å². The molecule has 0 fully saturated rings. The van der Waals surface area contributed by atoms with Gasteiger partial charge in [-0.15, -0.1) is 0 Å². The van der Waals surface area contributed by atoms with E-state index in [1.807, 2.05) is 38.7 Å². The molecule has 1 atom stereocenters. The molecular formula is C12H24N4O2S. The Morgan fingerprint density at radius 1 is 1.47 bits per heavy atom. The first kappa shape index (κ1) is 16.1. The molecule has 0 aliphatic heterocycles. The van der Waals surface area contributed by atoms with Crippen LogP contribution >= 0.6 is 0 Å². The molecule has 0 amide bonds. The molecular weight excluding hydrogens is 264 g/mol. The fourth-order valence-corrected chi connectivity index (χ4v) is 2.85. The summed E-state index contributed by atoms with van der Waals surface area (Å²) in [6.07, 6.45) is 2.46. The fourth-order valence-electron chi connectivity index (χ4n) is 1.67. The molecule has 0 spiro atoms. The van der Waals surface area contributed by atoms with E-state index < -0.39 is 10.0 Å². The normalized spacial score (nSPS) is 13.7. The Balaban J connectivity index is 2.36. The number of nitrogens with zero attached hydrogens (tertiary/aromatic N) is 2. The number of sulfonamides is 1. The molecule has 6 nitrogen and oxygen atoms in total. The maximum absolute atomic E-state index is 11.5. The third-order valence-electron chi connectivity index (χ3n) is 3.06. The maximum atomic E-state index is 11.5. The van der Waals surface area contributed by atoms with Crippen LogP contribution in [0, 0.1) is 6.92 Å². The van der Waals surface area contributed by atoms with Crippen molar-refractivity contribution in [2.45, 2.75) is 39.8 Å². The van der Waals surface area contributed by atoms with Gasteiger partial charge >= 0.3 is 0 Å². The second-order valence-corrected chi connectivity index (χ2v) is 6.75. The van der Waals surface area contributed by atoms with Gasteiger partial charge in [-0.05, 0) is 20.3 Å². The van der Waals surface area contributed by atoms with Crippen molar-refractivity contribution < 1.29 is 8.42 Å². The minimum atomic E-state index is -3.12. The highest BCUT2D eigenvalue weighted by Gasteiger charge is 2.11. The van der Waals surface area contributed by atoms with E-state index in [9.17, 15) is 8.42 Å². The Labute approximate surface area is 115 Å². The number of aromatic nitrogens is 2. The van der Waals surface area contributed by atoms with Gasteiger partial charge in [0.1, 0.15) is 0 Å². The number of nitrogens with one attached hydrogen (secondary N) is 2.